The molecule has 15 heteroatoms. The normalized spacial score (nSPS) is 18.3. The smallest absolute Gasteiger partial charge is 0.422 e. The number of anilines is 1. The van der Waals surface area contributed by atoms with Crippen molar-refractivity contribution in [1.29, 1.82) is 0 Å². The molecule has 5 rings (SSSR count). The van der Waals surface area contributed by atoms with E-state index in [4.69, 9.17) is 4.74 Å². The summed E-state index contributed by atoms with van der Waals surface area (Å²) in [5.41, 5.74) is 2.03. The molecular formula is C25H25F3N6O5S. The van der Waals surface area contributed by atoms with E-state index in [9.17, 15) is 31.2 Å². The fourth-order valence-electron chi connectivity index (χ4n) is 4.98. The molecule has 0 fully saturated rings. The van der Waals surface area contributed by atoms with Crippen molar-refractivity contribution < 1.29 is 35.9 Å². The Morgan fingerprint density at radius 1 is 1.25 bits per heavy atom. The first-order valence-corrected chi connectivity index (χ1v) is 13.8. The first kappa shape index (κ1) is 27.6. The molecule has 2 aromatic heterocycles. The molecule has 3 aromatic rings. The van der Waals surface area contributed by atoms with Crippen LogP contribution in [0.5, 0.6) is 5.75 Å². The van der Waals surface area contributed by atoms with Gasteiger partial charge in [0.15, 0.2) is 12.3 Å². The number of pyridine rings is 1. The van der Waals surface area contributed by atoms with Gasteiger partial charge in [-0.1, -0.05) is 12.1 Å². The van der Waals surface area contributed by atoms with Gasteiger partial charge in [-0.3, -0.25) is 19.3 Å². The number of nitrogens with zero attached hydrogens (tertiary/aromatic N) is 3. The third-order valence-corrected chi connectivity index (χ3v) is 8.07. The van der Waals surface area contributed by atoms with Crippen molar-refractivity contribution in [2.45, 2.75) is 38.0 Å². The summed E-state index contributed by atoms with van der Waals surface area (Å²) in [4.78, 5) is 30.6. The molecule has 2 amide bonds. The molecule has 1 aromatic carbocycles. The number of alkyl halides is 3. The third-order valence-electron chi connectivity index (χ3n) is 6.81. The largest absolute Gasteiger partial charge is 0.484 e. The number of aryl methyl sites for hydroxylation is 2. The van der Waals surface area contributed by atoms with Crippen molar-refractivity contribution in [1.82, 2.24) is 24.8 Å². The Labute approximate surface area is 227 Å². The molecule has 3 N–H and O–H groups in total. The second-order valence-electron chi connectivity index (χ2n) is 9.72. The van der Waals surface area contributed by atoms with E-state index in [1.165, 1.54) is 23.9 Å². The lowest BCUT2D eigenvalue weighted by Gasteiger charge is -2.36. The summed E-state index contributed by atoms with van der Waals surface area (Å²) in [6.07, 6.45) is -1.94. The number of ether oxygens (including phenoxy) is 1. The molecule has 1 atom stereocenters. The van der Waals surface area contributed by atoms with Gasteiger partial charge in [-0.15, -0.1) is 0 Å². The second kappa shape index (κ2) is 9.89. The lowest BCUT2D eigenvalue weighted by molar-refractivity contribution is -0.153. The number of fused-ring (bicyclic) bond motifs is 3. The minimum atomic E-state index is -4.47. The summed E-state index contributed by atoms with van der Waals surface area (Å²) in [6, 6.07) is 8.06. The zero-order valence-electron chi connectivity index (χ0n) is 21.4. The van der Waals surface area contributed by atoms with Gasteiger partial charge in [-0.2, -0.15) is 18.3 Å². The molecule has 0 saturated carbocycles. The van der Waals surface area contributed by atoms with Crippen molar-refractivity contribution in [2.24, 2.45) is 0 Å². The molecule has 0 radical (unpaired) electrons. The molecule has 40 heavy (non-hydrogen) atoms. The van der Waals surface area contributed by atoms with E-state index in [0.717, 1.165) is 16.7 Å². The van der Waals surface area contributed by atoms with E-state index < -0.39 is 45.9 Å². The predicted molar refractivity (Wildman–Crippen MR) is 137 cm³/mol. The Morgan fingerprint density at radius 2 is 2.02 bits per heavy atom. The van der Waals surface area contributed by atoms with Crippen molar-refractivity contribution in [3.8, 4) is 17.1 Å². The first-order valence-electron chi connectivity index (χ1n) is 12.2. The number of halogens is 3. The van der Waals surface area contributed by atoms with Gasteiger partial charge in [-0.05, 0) is 61.7 Å². The molecule has 0 unspecified atom stereocenters. The van der Waals surface area contributed by atoms with E-state index in [1.54, 1.807) is 24.4 Å². The Hall–Kier alpha value is -3.98. The molecule has 0 bridgehead atoms. The molecule has 212 valence electrons. The second-order valence-corrected chi connectivity index (χ2v) is 11.6. The van der Waals surface area contributed by atoms with E-state index >= 15 is 0 Å². The van der Waals surface area contributed by atoms with Crippen LogP contribution in [0.25, 0.3) is 11.4 Å². The predicted octanol–water partition coefficient (Wildman–Crippen LogP) is 2.27. The molecule has 3 heterocycles. The van der Waals surface area contributed by atoms with Crippen LogP contribution in [0, 0.1) is 6.92 Å². The molecule has 11 nitrogen and oxygen atoms in total. The zero-order chi connectivity index (χ0) is 28.9. The SMILES string of the molecule is CNS(=O)(=O)CC(=O)Nc1c(-c2ccc(C)cn2)nn2c1C(=O)N[C@]1(CCc3cc(OCC(F)(F)F)ccc31)C2. The maximum absolute atomic E-state index is 13.6. The number of carbonyl (C=O) groups is 2. The minimum Gasteiger partial charge on any atom is -0.484 e. The number of nitrogens with one attached hydrogen (secondary N) is 3. The van der Waals surface area contributed by atoms with E-state index in [1.807, 2.05) is 6.92 Å². The molecule has 0 saturated heterocycles. The fourth-order valence-corrected chi connectivity index (χ4v) is 5.54. The van der Waals surface area contributed by atoms with Gasteiger partial charge in [0.1, 0.15) is 22.9 Å². The fraction of sp³-hybridized carbons (Fsp3) is 0.360. The van der Waals surface area contributed by atoms with Gasteiger partial charge >= 0.3 is 6.18 Å². The zero-order valence-corrected chi connectivity index (χ0v) is 22.2. The summed E-state index contributed by atoms with van der Waals surface area (Å²) in [6.45, 7) is 0.590. The molecule has 1 aliphatic heterocycles. The van der Waals surface area contributed by atoms with Crippen molar-refractivity contribution in [3.63, 3.8) is 0 Å². The lowest BCUT2D eigenvalue weighted by Crippen LogP contribution is -2.52. The van der Waals surface area contributed by atoms with Crippen LogP contribution in [0.3, 0.4) is 0 Å². The maximum Gasteiger partial charge on any atom is 0.422 e. The number of aromatic nitrogens is 3. The number of hydrogen-bond acceptors (Lipinski definition) is 7. The Kier molecular flexibility index (Phi) is 6.82. The van der Waals surface area contributed by atoms with Crippen molar-refractivity contribution >= 4 is 27.5 Å². The summed E-state index contributed by atoms with van der Waals surface area (Å²) in [5, 5.41) is 10.1. The summed E-state index contributed by atoms with van der Waals surface area (Å²) in [5.74, 6) is -2.23. The highest BCUT2D eigenvalue weighted by molar-refractivity contribution is 7.90. The van der Waals surface area contributed by atoms with Crippen LogP contribution < -0.4 is 20.1 Å². The minimum absolute atomic E-state index is 0.0223. The van der Waals surface area contributed by atoms with Crippen LogP contribution in [-0.4, -0.2) is 60.6 Å². The van der Waals surface area contributed by atoms with E-state index in [0.29, 0.717) is 18.5 Å². The van der Waals surface area contributed by atoms with Crippen LogP contribution in [-0.2, 0) is 33.3 Å². The highest BCUT2D eigenvalue weighted by Crippen LogP contribution is 2.43. The molecule has 2 aliphatic rings. The van der Waals surface area contributed by atoms with Gasteiger partial charge in [0.05, 0.1) is 17.8 Å². The van der Waals surface area contributed by atoms with Gasteiger partial charge in [0.2, 0.25) is 15.9 Å². The number of rotatable bonds is 7. The van der Waals surface area contributed by atoms with Crippen molar-refractivity contribution in [3.05, 3.63) is 58.9 Å². The maximum atomic E-state index is 13.6. The number of benzene rings is 1. The number of carbonyl (C=O) groups excluding carboxylic acids is 2. The number of amides is 2. The average molecular weight is 579 g/mol. The highest BCUT2D eigenvalue weighted by atomic mass is 32.2. The van der Waals surface area contributed by atoms with Crippen LogP contribution in [0.2, 0.25) is 0 Å². The standard InChI is InChI=1S/C25H25F3N6O5S/c1-14-3-6-18(30-10-14)20-21(31-19(35)11-40(37,38)29-2)22-23(36)32-24(12-34(22)33-20)8-7-15-9-16(4-5-17(15)24)39-13-25(26,27)28/h3-6,9-10,29H,7-8,11-13H2,1-2H3,(H,31,35)(H,32,36)/t24-/m1/s1. The van der Waals surface area contributed by atoms with E-state index in [2.05, 4.69) is 25.4 Å². The Balaban J connectivity index is 1.51. The lowest BCUT2D eigenvalue weighted by atomic mass is 9.89. The van der Waals surface area contributed by atoms with Gasteiger partial charge in [0.25, 0.3) is 5.91 Å². The number of sulfonamides is 1. The quantitative estimate of drug-likeness (QED) is 0.390. The highest BCUT2D eigenvalue weighted by Gasteiger charge is 2.46. The summed E-state index contributed by atoms with van der Waals surface area (Å²) in [7, 11) is -2.70. The monoisotopic (exact) mass is 578 g/mol. The Bertz CT molecular complexity index is 1600. The topological polar surface area (TPSA) is 144 Å². The first-order chi connectivity index (χ1) is 18.8. The molecule has 1 aliphatic carbocycles. The average Bonchev–Trinajstić information content (AvgIpc) is 3.40. The molecular weight excluding hydrogens is 553 g/mol. The van der Waals surface area contributed by atoms with Gasteiger partial charge in [-0.25, -0.2) is 13.1 Å². The molecule has 1 spiro atoms. The summed E-state index contributed by atoms with van der Waals surface area (Å²) >= 11 is 0. The Morgan fingerprint density at radius 3 is 2.70 bits per heavy atom. The van der Waals surface area contributed by atoms with Crippen LogP contribution in [0.4, 0.5) is 18.9 Å². The van der Waals surface area contributed by atoms with Crippen LogP contribution in [0.15, 0.2) is 36.5 Å². The van der Waals surface area contributed by atoms with Gasteiger partial charge in [0, 0.05) is 6.20 Å². The van der Waals surface area contributed by atoms with Crippen molar-refractivity contribution in [2.75, 3.05) is 24.7 Å². The van der Waals surface area contributed by atoms with Crippen LogP contribution in [0.1, 0.15) is 33.6 Å². The van der Waals surface area contributed by atoms with Gasteiger partial charge < -0.3 is 15.4 Å². The number of hydrogen-bond donors (Lipinski definition) is 3. The third kappa shape index (κ3) is 5.38. The summed E-state index contributed by atoms with van der Waals surface area (Å²) < 4.78 is 70.1. The van der Waals surface area contributed by atoms with Crippen LogP contribution >= 0.6 is 0 Å². The van der Waals surface area contributed by atoms with E-state index in [-0.39, 0.29) is 29.4 Å².